The van der Waals surface area contributed by atoms with Crippen molar-refractivity contribution < 1.29 is 5.11 Å². The van der Waals surface area contributed by atoms with E-state index < -0.39 is 6.10 Å². The Balaban J connectivity index is 2.06. The van der Waals surface area contributed by atoms with Crippen molar-refractivity contribution in [3.8, 4) is 0 Å². The number of aliphatic hydroxyl groups is 1. The van der Waals surface area contributed by atoms with Crippen molar-refractivity contribution in [3.05, 3.63) is 42.1 Å². The number of hydrogen-bond acceptors (Lipinski definition) is 3. The van der Waals surface area contributed by atoms with Crippen LogP contribution in [-0.2, 0) is 6.42 Å². The van der Waals surface area contributed by atoms with Crippen LogP contribution in [0.15, 0.2) is 28.1 Å². The van der Waals surface area contributed by atoms with Gasteiger partial charge in [0.15, 0.2) is 0 Å². The first-order valence-electron chi connectivity index (χ1n) is 4.31. The maximum absolute atomic E-state index is 9.95. The lowest BCUT2D eigenvalue weighted by Crippen LogP contribution is -1.97. The van der Waals surface area contributed by atoms with Crippen molar-refractivity contribution in [1.29, 1.82) is 0 Å². The molecule has 2 aromatic rings. The fourth-order valence-electron chi connectivity index (χ4n) is 1.26. The van der Waals surface area contributed by atoms with Crippen molar-refractivity contribution >= 4 is 50.2 Å². The zero-order valence-corrected chi connectivity index (χ0v) is 11.6. The smallest absolute Gasteiger partial charge is 0.0931 e. The molecule has 1 atom stereocenters. The average Bonchev–Trinajstić information content (AvgIpc) is 2.75. The Morgan fingerprint density at radius 2 is 2.27 bits per heavy atom. The lowest BCUT2D eigenvalue weighted by Gasteiger charge is -2.05. The molecule has 15 heavy (non-hydrogen) atoms. The molecule has 0 aliphatic carbocycles. The third-order valence-electron chi connectivity index (χ3n) is 1.94. The zero-order valence-electron chi connectivity index (χ0n) is 7.61. The molecule has 2 heterocycles. The van der Waals surface area contributed by atoms with E-state index in [4.69, 9.17) is 11.6 Å². The standard InChI is InChI=1S/C10H8BrClOS2/c11-6-3-9(14-5-6)8(13)4-7-1-2-10(12)15-7/h1-3,5,8,13H,4H2. The van der Waals surface area contributed by atoms with E-state index in [1.807, 2.05) is 23.6 Å². The van der Waals surface area contributed by atoms with Gasteiger partial charge in [0.2, 0.25) is 0 Å². The quantitative estimate of drug-likeness (QED) is 0.881. The number of aliphatic hydroxyl groups excluding tert-OH is 1. The first kappa shape index (κ1) is 11.6. The van der Waals surface area contributed by atoms with Crippen molar-refractivity contribution in [2.75, 3.05) is 0 Å². The summed E-state index contributed by atoms with van der Waals surface area (Å²) in [6.45, 7) is 0. The Labute approximate surface area is 109 Å². The molecule has 0 saturated carbocycles. The molecule has 0 amide bonds. The van der Waals surface area contributed by atoms with E-state index in [1.165, 1.54) is 11.3 Å². The van der Waals surface area contributed by atoms with Crippen LogP contribution in [0.4, 0.5) is 0 Å². The van der Waals surface area contributed by atoms with Crippen LogP contribution in [0.1, 0.15) is 15.9 Å². The number of thiophene rings is 2. The number of rotatable bonds is 3. The van der Waals surface area contributed by atoms with Gasteiger partial charge in [0.05, 0.1) is 10.4 Å². The monoisotopic (exact) mass is 322 g/mol. The predicted octanol–water partition coefficient (Wildman–Crippen LogP) is 4.50. The second-order valence-corrected chi connectivity index (χ2v) is 6.75. The molecule has 0 radical (unpaired) electrons. The van der Waals surface area contributed by atoms with Gasteiger partial charge in [-0.15, -0.1) is 22.7 Å². The van der Waals surface area contributed by atoms with Gasteiger partial charge in [-0.2, -0.15) is 0 Å². The molecule has 0 bridgehead atoms. The van der Waals surface area contributed by atoms with Gasteiger partial charge in [0.25, 0.3) is 0 Å². The second kappa shape index (κ2) is 4.97. The summed E-state index contributed by atoms with van der Waals surface area (Å²) in [5.41, 5.74) is 0. The van der Waals surface area contributed by atoms with Gasteiger partial charge in [-0.1, -0.05) is 11.6 Å². The van der Waals surface area contributed by atoms with Crippen LogP contribution in [0.2, 0.25) is 4.34 Å². The highest BCUT2D eigenvalue weighted by Gasteiger charge is 2.12. The molecule has 2 rings (SSSR count). The number of halogens is 2. The highest BCUT2D eigenvalue weighted by molar-refractivity contribution is 9.10. The lowest BCUT2D eigenvalue weighted by atomic mass is 10.2. The van der Waals surface area contributed by atoms with Gasteiger partial charge in [0, 0.05) is 26.0 Å². The van der Waals surface area contributed by atoms with Crippen LogP contribution in [0.3, 0.4) is 0 Å². The highest BCUT2D eigenvalue weighted by atomic mass is 79.9. The third-order valence-corrected chi connectivity index (χ3v) is 4.99. The van der Waals surface area contributed by atoms with Crippen LogP contribution in [0.25, 0.3) is 0 Å². The summed E-state index contributed by atoms with van der Waals surface area (Å²) in [6, 6.07) is 5.77. The molecule has 2 aromatic heterocycles. The first-order chi connectivity index (χ1) is 7.15. The Bertz CT molecular complexity index is 452. The predicted molar refractivity (Wildman–Crippen MR) is 70.0 cm³/mol. The minimum absolute atomic E-state index is 0.434. The maximum Gasteiger partial charge on any atom is 0.0931 e. The summed E-state index contributed by atoms with van der Waals surface area (Å²) in [5.74, 6) is 0. The van der Waals surface area contributed by atoms with Crippen molar-refractivity contribution in [1.82, 2.24) is 0 Å². The minimum Gasteiger partial charge on any atom is -0.387 e. The molecule has 0 fully saturated rings. The zero-order chi connectivity index (χ0) is 10.8. The van der Waals surface area contributed by atoms with Gasteiger partial charge in [-0.25, -0.2) is 0 Å². The first-order valence-corrected chi connectivity index (χ1v) is 7.18. The van der Waals surface area contributed by atoms with Gasteiger partial charge in [-0.05, 0) is 34.1 Å². The maximum atomic E-state index is 9.95. The summed E-state index contributed by atoms with van der Waals surface area (Å²) in [7, 11) is 0. The largest absolute Gasteiger partial charge is 0.387 e. The van der Waals surface area contributed by atoms with Crippen LogP contribution in [0, 0.1) is 0 Å². The van der Waals surface area contributed by atoms with E-state index in [0.29, 0.717) is 6.42 Å². The lowest BCUT2D eigenvalue weighted by molar-refractivity contribution is 0.183. The Morgan fingerprint density at radius 3 is 2.80 bits per heavy atom. The second-order valence-electron chi connectivity index (χ2n) is 3.09. The Hall–Kier alpha value is 0.130. The van der Waals surface area contributed by atoms with Gasteiger partial charge < -0.3 is 5.11 Å². The van der Waals surface area contributed by atoms with Crippen LogP contribution < -0.4 is 0 Å². The minimum atomic E-state index is -0.434. The van der Waals surface area contributed by atoms with Crippen molar-refractivity contribution in [3.63, 3.8) is 0 Å². The molecule has 0 saturated heterocycles. The SMILES string of the molecule is OC(Cc1ccc(Cl)s1)c1cc(Br)cs1. The molecule has 0 aromatic carbocycles. The summed E-state index contributed by atoms with van der Waals surface area (Å²) in [6.07, 6.45) is 0.195. The number of hydrogen-bond donors (Lipinski definition) is 1. The van der Waals surface area contributed by atoms with Crippen LogP contribution in [0.5, 0.6) is 0 Å². The molecule has 5 heteroatoms. The van der Waals surface area contributed by atoms with Gasteiger partial charge in [-0.3, -0.25) is 0 Å². The normalized spacial score (nSPS) is 13.0. The van der Waals surface area contributed by atoms with E-state index in [1.54, 1.807) is 11.3 Å². The van der Waals surface area contributed by atoms with Gasteiger partial charge in [0.1, 0.15) is 0 Å². The third kappa shape index (κ3) is 3.04. The molecule has 1 unspecified atom stereocenters. The molecule has 1 nitrogen and oxygen atoms in total. The summed E-state index contributed by atoms with van der Waals surface area (Å²) < 4.78 is 1.79. The van der Waals surface area contributed by atoms with E-state index in [-0.39, 0.29) is 0 Å². The summed E-state index contributed by atoms with van der Waals surface area (Å²) in [4.78, 5) is 2.09. The fourth-order valence-corrected chi connectivity index (χ4v) is 3.81. The van der Waals surface area contributed by atoms with E-state index in [9.17, 15) is 5.11 Å². The van der Waals surface area contributed by atoms with E-state index >= 15 is 0 Å². The van der Waals surface area contributed by atoms with Gasteiger partial charge >= 0.3 is 0 Å². The molecular weight excluding hydrogens is 316 g/mol. The van der Waals surface area contributed by atoms with Crippen molar-refractivity contribution in [2.45, 2.75) is 12.5 Å². The Morgan fingerprint density at radius 1 is 1.47 bits per heavy atom. The summed E-state index contributed by atoms with van der Waals surface area (Å²) >= 11 is 12.3. The van der Waals surface area contributed by atoms with E-state index in [0.717, 1.165) is 18.6 Å². The fraction of sp³-hybridized carbons (Fsp3) is 0.200. The van der Waals surface area contributed by atoms with E-state index in [2.05, 4.69) is 15.9 Å². The average molecular weight is 324 g/mol. The molecular formula is C10H8BrClOS2. The molecule has 0 spiro atoms. The van der Waals surface area contributed by atoms with Crippen molar-refractivity contribution in [2.24, 2.45) is 0 Å². The molecule has 80 valence electrons. The van der Waals surface area contributed by atoms with Crippen LogP contribution in [-0.4, -0.2) is 5.11 Å². The molecule has 0 aliphatic rings. The molecule has 0 aliphatic heterocycles. The summed E-state index contributed by atoms with van der Waals surface area (Å²) in [5, 5.41) is 11.9. The van der Waals surface area contributed by atoms with Crippen LogP contribution >= 0.6 is 50.2 Å². The Kier molecular flexibility index (Phi) is 3.85. The topological polar surface area (TPSA) is 20.2 Å². The molecule has 1 N–H and O–H groups in total. The highest BCUT2D eigenvalue weighted by Crippen LogP contribution is 2.30.